The number of aryl methyl sites for hydroxylation is 1. The van der Waals surface area contributed by atoms with Crippen LogP contribution in [0.1, 0.15) is 102 Å². The smallest absolute Gasteiger partial charge is 0.405 e. The number of fused-ring (bicyclic) bond motifs is 2. The highest BCUT2D eigenvalue weighted by Gasteiger charge is 2.32. The van der Waals surface area contributed by atoms with Crippen molar-refractivity contribution in [3.8, 4) is 22.8 Å². The second kappa shape index (κ2) is 24.8. The van der Waals surface area contributed by atoms with Crippen molar-refractivity contribution in [3.63, 3.8) is 0 Å². The zero-order chi connectivity index (χ0) is 56.8. The first kappa shape index (κ1) is 56.2. The normalized spacial score (nSPS) is 15.3. The van der Waals surface area contributed by atoms with E-state index in [1.165, 1.54) is 10.1 Å². The van der Waals surface area contributed by atoms with Crippen LogP contribution in [0.5, 0.6) is 5.75 Å². The predicted octanol–water partition coefficient (Wildman–Crippen LogP) is 9.50. The van der Waals surface area contributed by atoms with Gasteiger partial charge in [0.05, 0.1) is 12.2 Å². The van der Waals surface area contributed by atoms with Crippen molar-refractivity contribution in [2.75, 3.05) is 74.0 Å². The molecule has 4 N–H and O–H groups in total. The lowest BCUT2D eigenvalue weighted by molar-refractivity contribution is -0.131. The number of hydrogen-bond donors (Lipinski definition) is 4. The third kappa shape index (κ3) is 13.6. The zero-order valence-corrected chi connectivity index (χ0v) is 46.5. The number of carbonyl (C=O) groups excluding carboxylic acids is 3. The van der Waals surface area contributed by atoms with Gasteiger partial charge in [0.2, 0.25) is 23.6 Å². The van der Waals surface area contributed by atoms with Gasteiger partial charge in [-0.3, -0.25) is 23.9 Å². The monoisotopic (exact) mass is 1100 g/mol. The van der Waals surface area contributed by atoms with Crippen molar-refractivity contribution in [1.29, 1.82) is 0 Å². The Morgan fingerprint density at radius 1 is 0.790 bits per heavy atom. The van der Waals surface area contributed by atoms with Gasteiger partial charge < -0.3 is 35.8 Å². The summed E-state index contributed by atoms with van der Waals surface area (Å²) < 4.78 is 40.9. The number of rotatable bonds is 18. The highest BCUT2D eigenvalue weighted by molar-refractivity contribution is 5.96. The fourth-order valence-electron chi connectivity index (χ4n) is 11.5. The number of benzene rings is 5. The van der Waals surface area contributed by atoms with Crippen LogP contribution in [0.4, 0.5) is 30.6 Å². The standard InChI is InChI=1S/C62H71F3N12O4/c1-5-56(80)74-28-30-75(31-29-74)58-51-23-27-76(54-35-49(78)33-46-8-6-7-9-50(46)54)38-53(51)69-61(70-58)66-24-20-55(79)67-36-44-11-13-45(14-12-44)37-73-25-21-43(22-26-73)32-42-15-18-48(19-16-42)77-57(47-17-10-41(4)52(34-47)40(2)3)71-72-59(77)60(81)68-39-62(63,64)65/h6-19,33-35,40,43,78H,5,20-32,36-39H2,1-4H3,(H,67,79)(H,68,81)(H,66,69,70). The van der Waals surface area contributed by atoms with Gasteiger partial charge in [-0.25, -0.2) is 4.98 Å². The van der Waals surface area contributed by atoms with E-state index in [0.717, 1.165) is 101 Å². The molecule has 0 saturated carbocycles. The van der Waals surface area contributed by atoms with E-state index in [4.69, 9.17) is 9.97 Å². The Balaban J connectivity index is 0.704. The van der Waals surface area contributed by atoms with Crippen LogP contribution in [0.3, 0.4) is 0 Å². The minimum atomic E-state index is -4.58. The van der Waals surface area contributed by atoms with Crippen LogP contribution >= 0.6 is 0 Å². The van der Waals surface area contributed by atoms with E-state index in [9.17, 15) is 32.7 Å². The fourth-order valence-corrected chi connectivity index (χ4v) is 11.5. The van der Waals surface area contributed by atoms with Crippen LogP contribution in [0.25, 0.3) is 27.8 Å². The van der Waals surface area contributed by atoms with Crippen LogP contribution in [-0.4, -0.2) is 122 Å². The number of nitrogens with zero attached hydrogens (tertiary/aromatic N) is 9. The average Bonchev–Trinajstić information content (AvgIpc) is 3.95. The summed E-state index contributed by atoms with van der Waals surface area (Å²) in [7, 11) is 0. The summed E-state index contributed by atoms with van der Waals surface area (Å²) in [6, 6.07) is 33.7. The Morgan fingerprint density at radius 2 is 1.52 bits per heavy atom. The van der Waals surface area contributed by atoms with Crippen LogP contribution in [0.2, 0.25) is 0 Å². The Morgan fingerprint density at radius 3 is 2.25 bits per heavy atom. The molecule has 0 radical (unpaired) electrons. The van der Waals surface area contributed by atoms with Gasteiger partial charge >= 0.3 is 6.18 Å². The molecule has 0 atom stereocenters. The molecule has 0 bridgehead atoms. The number of hydrogen-bond acceptors (Lipinski definition) is 12. The molecular weight excluding hydrogens is 1030 g/mol. The van der Waals surface area contributed by atoms with Crippen molar-refractivity contribution >= 4 is 45.9 Å². The van der Waals surface area contributed by atoms with Gasteiger partial charge in [-0.05, 0) is 115 Å². The maximum atomic E-state index is 13.2. The molecule has 10 rings (SSSR count). The van der Waals surface area contributed by atoms with Gasteiger partial charge in [0.1, 0.15) is 18.1 Å². The van der Waals surface area contributed by atoms with Crippen molar-refractivity contribution in [3.05, 3.63) is 148 Å². The Hall–Kier alpha value is -8.06. The molecule has 424 valence electrons. The number of aromatic hydroxyl groups is 1. The lowest BCUT2D eigenvalue weighted by Gasteiger charge is -2.38. The number of halogens is 3. The van der Waals surface area contributed by atoms with E-state index in [0.29, 0.717) is 87.6 Å². The zero-order valence-electron chi connectivity index (χ0n) is 46.5. The van der Waals surface area contributed by atoms with Crippen molar-refractivity contribution in [2.45, 2.75) is 97.9 Å². The predicted molar refractivity (Wildman–Crippen MR) is 309 cm³/mol. The fraction of sp³-hybridized carbons (Fsp3) is 0.403. The third-order valence-electron chi connectivity index (χ3n) is 15.9. The van der Waals surface area contributed by atoms with Gasteiger partial charge in [-0.2, -0.15) is 18.2 Å². The number of aromatic nitrogens is 5. The number of alkyl halides is 3. The van der Waals surface area contributed by atoms with Crippen LogP contribution in [0.15, 0.2) is 103 Å². The van der Waals surface area contributed by atoms with Gasteiger partial charge in [0, 0.05) is 99.2 Å². The second-order valence-corrected chi connectivity index (χ2v) is 21.9. The maximum absolute atomic E-state index is 13.2. The van der Waals surface area contributed by atoms with E-state index >= 15 is 0 Å². The molecule has 0 aliphatic carbocycles. The molecule has 7 aromatic rings. The molecule has 2 fully saturated rings. The van der Waals surface area contributed by atoms with Crippen LogP contribution in [-0.2, 0) is 42.1 Å². The van der Waals surface area contributed by atoms with E-state index in [1.54, 1.807) is 6.07 Å². The summed E-state index contributed by atoms with van der Waals surface area (Å²) >= 11 is 0. The van der Waals surface area contributed by atoms with E-state index in [1.807, 2.05) is 90.8 Å². The van der Waals surface area contributed by atoms with Gasteiger partial charge in [-0.15, -0.1) is 10.2 Å². The van der Waals surface area contributed by atoms with E-state index < -0.39 is 18.6 Å². The lowest BCUT2D eigenvalue weighted by atomic mass is 9.90. The molecule has 3 amide bonds. The highest BCUT2D eigenvalue weighted by Crippen LogP contribution is 2.37. The van der Waals surface area contributed by atoms with Gasteiger partial charge in [0.25, 0.3) is 5.91 Å². The van der Waals surface area contributed by atoms with E-state index in [2.05, 4.69) is 79.7 Å². The first-order valence-corrected chi connectivity index (χ1v) is 28.3. The molecule has 3 aliphatic rings. The van der Waals surface area contributed by atoms with E-state index in [-0.39, 0.29) is 35.7 Å². The first-order chi connectivity index (χ1) is 39.0. The SMILES string of the molecule is CCC(=O)N1CCN(c2nc(NCCC(=O)NCc3ccc(CN4CCC(Cc5ccc(-n6c(C(=O)NCC(F)(F)F)nnc6-c6ccc(C)c(C(C)C)c6)cc5)CC4)cc3)nc3c2CCN(c2cc(O)cc4ccccc24)C3)CC1. The molecule has 0 spiro atoms. The number of likely N-dealkylation sites (tertiary alicyclic amines) is 1. The number of anilines is 3. The quantitative estimate of drug-likeness (QED) is 0.0641. The average molecular weight is 1110 g/mol. The number of carbonyl (C=O) groups is 3. The Kier molecular flexibility index (Phi) is 17.2. The molecule has 5 aromatic carbocycles. The molecule has 81 heavy (non-hydrogen) atoms. The third-order valence-corrected chi connectivity index (χ3v) is 15.9. The Bertz CT molecular complexity index is 3370. The topological polar surface area (TPSA) is 177 Å². The molecular formula is C62H71F3N12O4. The number of phenols is 1. The molecule has 0 unspecified atom stereocenters. The van der Waals surface area contributed by atoms with Crippen LogP contribution < -0.4 is 25.8 Å². The lowest BCUT2D eigenvalue weighted by Crippen LogP contribution is -2.49. The highest BCUT2D eigenvalue weighted by atomic mass is 19.4. The first-order valence-electron chi connectivity index (χ1n) is 28.3. The summed E-state index contributed by atoms with van der Waals surface area (Å²) in [4.78, 5) is 57.8. The number of phenolic OH excluding ortho intramolecular Hbond substituents is 1. The second-order valence-electron chi connectivity index (χ2n) is 21.9. The summed E-state index contributed by atoms with van der Waals surface area (Å²) in [5.74, 6) is 1.47. The summed E-state index contributed by atoms with van der Waals surface area (Å²) in [6.45, 7) is 13.9. The van der Waals surface area contributed by atoms with Gasteiger partial charge in [-0.1, -0.05) is 93.6 Å². The molecule has 16 nitrogen and oxygen atoms in total. The minimum Gasteiger partial charge on any atom is -0.508 e. The van der Waals surface area contributed by atoms with Crippen molar-refractivity contribution < 1.29 is 32.7 Å². The van der Waals surface area contributed by atoms with Gasteiger partial charge in [0.15, 0.2) is 5.82 Å². The Labute approximate surface area is 470 Å². The van der Waals surface area contributed by atoms with Crippen molar-refractivity contribution in [2.24, 2.45) is 5.92 Å². The molecule has 5 heterocycles. The summed E-state index contributed by atoms with van der Waals surface area (Å²) in [5.41, 5.74) is 9.76. The molecule has 19 heteroatoms. The molecule has 3 aliphatic heterocycles. The largest absolute Gasteiger partial charge is 0.508 e. The molecule has 2 saturated heterocycles. The number of piperazine rings is 1. The maximum Gasteiger partial charge on any atom is 0.405 e. The number of nitrogens with one attached hydrogen (secondary N) is 3. The summed E-state index contributed by atoms with van der Waals surface area (Å²) in [5, 5.41) is 29.5. The summed E-state index contributed by atoms with van der Waals surface area (Å²) in [6.07, 6.45) is -0.225. The van der Waals surface area contributed by atoms with Crippen molar-refractivity contribution in [1.82, 2.24) is 45.2 Å². The van der Waals surface area contributed by atoms with Crippen LogP contribution in [0, 0.1) is 12.8 Å². The number of piperidine rings is 1. The minimum absolute atomic E-state index is 0.0911. The number of amides is 3. The molecule has 2 aromatic heterocycles.